The highest BCUT2D eigenvalue weighted by Gasteiger charge is 2.33. The van der Waals surface area contributed by atoms with E-state index < -0.39 is 21.2 Å². The Morgan fingerprint density at radius 1 is 1.58 bits per heavy atom. The molecule has 2 rings (SSSR count). The lowest BCUT2D eigenvalue weighted by atomic mass is 10.5. The zero-order valence-electron chi connectivity index (χ0n) is 10.5. The first-order valence-electron chi connectivity index (χ1n) is 5.50. The average Bonchev–Trinajstić information content (AvgIpc) is 2.86. The maximum Gasteiger partial charge on any atom is 0.357 e. The molecule has 0 spiro atoms. The molecule has 1 fully saturated rings. The Hall–Kier alpha value is -0.800. The van der Waals surface area contributed by atoms with E-state index in [-0.39, 0.29) is 5.69 Å². The van der Waals surface area contributed by atoms with Crippen LogP contribution in [0.5, 0.6) is 0 Å². The minimum absolute atomic E-state index is 0.216. The van der Waals surface area contributed by atoms with Gasteiger partial charge in [-0.3, -0.25) is 0 Å². The highest BCUT2D eigenvalue weighted by Crippen LogP contribution is 2.29. The number of rotatable bonds is 3. The van der Waals surface area contributed by atoms with Crippen LogP contribution in [-0.2, 0) is 14.6 Å². The van der Waals surface area contributed by atoms with Crippen molar-refractivity contribution in [3.05, 3.63) is 11.1 Å². The number of thiazole rings is 1. The van der Waals surface area contributed by atoms with Crippen molar-refractivity contribution in [2.75, 3.05) is 36.3 Å². The number of nitrogens with zero attached hydrogens (tertiary/aromatic N) is 2. The average molecular weight is 322 g/mol. The molecule has 0 saturated carbocycles. The van der Waals surface area contributed by atoms with Gasteiger partial charge in [-0.25, -0.2) is 18.2 Å². The van der Waals surface area contributed by atoms with Gasteiger partial charge >= 0.3 is 5.97 Å². The maximum absolute atomic E-state index is 11.8. The van der Waals surface area contributed by atoms with Crippen LogP contribution in [0.4, 0.5) is 5.13 Å². The summed E-state index contributed by atoms with van der Waals surface area (Å²) in [4.78, 5) is 17.3. The molecule has 1 unspecified atom stereocenters. The minimum Gasteiger partial charge on any atom is -0.464 e. The fraction of sp³-hybridized carbons (Fsp3) is 0.600. The molecule has 2 heterocycles. The molecule has 6 nitrogen and oxygen atoms in total. The lowest BCUT2D eigenvalue weighted by Gasteiger charge is -2.33. The predicted octanol–water partition coefficient (Wildman–Crippen LogP) is 0.854. The molecule has 106 valence electrons. The summed E-state index contributed by atoms with van der Waals surface area (Å²) in [6, 6.07) is 0. The van der Waals surface area contributed by atoms with Crippen molar-refractivity contribution in [2.24, 2.45) is 0 Å². The standard InChI is InChI=1S/C10H14N2O4S3/c1-16-9(13)7-5-18-10(11-7)12-3-4-17-6-8(12)19(2,14)15/h5,8H,3-4,6H2,1-2H3. The van der Waals surface area contributed by atoms with Crippen molar-refractivity contribution < 1.29 is 17.9 Å². The van der Waals surface area contributed by atoms with Gasteiger partial charge in [0, 0.05) is 29.7 Å². The van der Waals surface area contributed by atoms with E-state index in [2.05, 4.69) is 9.72 Å². The van der Waals surface area contributed by atoms with Crippen molar-refractivity contribution in [3.63, 3.8) is 0 Å². The summed E-state index contributed by atoms with van der Waals surface area (Å²) in [6.45, 7) is 0.608. The maximum atomic E-state index is 11.8. The molecular weight excluding hydrogens is 308 g/mol. The summed E-state index contributed by atoms with van der Waals surface area (Å²) in [5.74, 6) is 0.857. The number of hydrogen-bond donors (Lipinski definition) is 0. The van der Waals surface area contributed by atoms with Crippen LogP contribution in [0.15, 0.2) is 5.38 Å². The second kappa shape index (κ2) is 5.68. The zero-order valence-corrected chi connectivity index (χ0v) is 13.0. The van der Waals surface area contributed by atoms with Crippen molar-refractivity contribution in [1.82, 2.24) is 4.98 Å². The summed E-state index contributed by atoms with van der Waals surface area (Å²) in [7, 11) is -1.89. The Bertz CT molecular complexity index is 569. The Morgan fingerprint density at radius 2 is 2.32 bits per heavy atom. The monoisotopic (exact) mass is 322 g/mol. The third-order valence-corrected chi connectivity index (χ3v) is 6.23. The molecule has 9 heteroatoms. The first-order valence-corrected chi connectivity index (χ1v) is 9.49. The van der Waals surface area contributed by atoms with Crippen LogP contribution in [0, 0.1) is 0 Å². The molecule has 1 aliphatic rings. The molecule has 1 atom stereocenters. The Labute approximate surface area is 120 Å². The van der Waals surface area contributed by atoms with Crippen LogP contribution in [-0.4, -0.2) is 56.2 Å². The van der Waals surface area contributed by atoms with Crippen molar-refractivity contribution in [1.29, 1.82) is 0 Å². The number of thioether (sulfide) groups is 1. The van der Waals surface area contributed by atoms with Gasteiger partial charge in [-0.2, -0.15) is 11.8 Å². The molecule has 1 aliphatic heterocycles. The van der Waals surface area contributed by atoms with Gasteiger partial charge in [-0.1, -0.05) is 0 Å². The number of methoxy groups -OCH3 is 1. The summed E-state index contributed by atoms with van der Waals surface area (Å²) < 4.78 is 28.2. The predicted molar refractivity (Wildman–Crippen MR) is 76.8 cm³/mol. The number of esters is 1. The van der Waals surface area contributed by atoms with E-state index in [1.54, 1.807) is 22.0 Å². The van der Waals surface area contributed by atoms with E-state index in [4.69, 9.17) is 0 Å². The number of aromatic nitrogens is 1. The third kappa shape index (κ3) is 3.21. The van der Waals surface area contributed by atoms with Gasteiger partial charge in [-0.05, 0) is 0 Å². The Morgan fingerprint density at radius 3 is 2.95 bits per heavy atom. The molecule has 1 aromatic rings. The SMILES string of the molecule is COC(=O)c1csc(N2CCSCC2S(C)(=O)=O)n1. The van der Waals surface area contributed by atoms with Gasteiger partial charge in [0.05, 0.1) is 7.11 Å². The quantitative estimate of drug-likeness (QED) is 0.764. The molecule has 0 aliphatic carbocycles. The molecule has 0 bridgehead atoms. The smallest absolute Gasteiger partial charge is 0.357 e. The zero-order chi connectivity index (χ0) is 14.0. The third-order valence-electron chi connectivity index (χ3n) is 2.71. The van der Waals surface area contributed by atoms with E-state index in [9.17, 15) is 13.2 Å². The fourth-order valence-electron chi connectivity index (χ4n) is 1.75. The number of carbonyl (C=O) groups excluding carboxylic acids is 1. The topological polar surface area (TPSA) is 76.6 Å². The van der Waals surface area contributed by atoms with Crippen LogP contribution in [0.1, 0.15) is 10.5 Å². The number of sulfone groups is 1. The van der Waals surface area contributed by atoms with Crippen LogP contribution in [0.25, 0.3) is 0 Å². The number of anilines is 1. The van der Waals surface area contributed by atoms with E-state index in [0.29, 0.717) is 17.4 Å². The molecule has 0 radical (unpaired) electrons. The van der Waals surface area contributed by atoms with Crippen molar-refractivity contribution >= 4 is 44.0 Å². The fourth-order valence-corrected chi connectivity index (χ4v) is 5.51. The normalized spacial score (nSPS) is 20.3. The second-order valence-corrected chi connectivity index (χ2v) is 8.25. The Kier molecular flexibility index (Phi) is 4.36. The highest BCUT2D eigenvalue weighted by molar-refractivity contribution is 8.01. The first-order chi connectivity index (χ1) is 8.93. The Balaban J connectivity index is 2.28. The van der Waals surface area contributed by atoms with Gasteiger partial charge in [-0.15, -0.1) is 11.3 Å². The summed E-state index contributed by atoms with van der Waals surface area (Å²) >= 11 is 2.87. The van der Waals surface area contributed by atoms with Gasteiger partial charge in [0.2, 0.25) is 0 Å². The van der Waals surface area contributed by atoms with Gasteiger partial charge in [0.15, 0.2) is 20.7 Å². The molecular formula is C10H14N2O4S3. The lowest BCUT2D eigenvalue weighted by Crippen LogP contribution is -2.47. The summed E-state index contributed by atoms with van der Waals surface area (Å²) in [5.41, 5.74) is 0.216. The molecule has 0 N–H and O–H groups in total. The molecule has 19 heavy (non-hydrogen) atoms. The van der Waals surface area contributed by atoms with Gasteiger partial charge in [0.25, 0.3) is 0 Å². The molecule has 1 aromatic heterocycles. The second-order valence-electron chi connectivity index (χ2n) is 4.06. The number of carbonyl (C=O) groups is 1. The summed E-state index contributed by atoms with van der Waals surface area (Å²) in [6.07, 6.45) is 1.23. The number of hydrogen-bond acceptors (Lipinski definition) is 8. The molecule has 0 amide bonds. The van der Waals surface area contributed by atoms with E-state index >= 15 is 0 Å². The van der Waals surface area contributed by atoms with Crippen LogP contribution >= 0.6 is 23.1 Å². The van der Waals surface area contributed by atoms with Crippen LogP contribution < -0.4 is 4.90 Å². The first kappa shape index (κ1) is 14.6. The summed E-state index contributed by atoms with van der Waals surface area (Å²) in [5, 5.41) is 1.56. The van der Waals surface area contributed by atoms with E-state index in [0.717, 1.165) is 5.75 Å². The minimum atomic E-state index is -3.18. The van der Waals surface area contributed by atoms with E-state index in [1.165, 1.54) is 24.7 Å². The van der Waals surface area contributed by atoms with Crippen molar-refractivity contribution in [3.8, 4) is 0 Å². The van der Waals surface area contributed by atoms with Crippen LogP contribution in [0.3, 0.4) is 0 Å². The van der Waals surface area contributed by atoms with E-state index in [1.807, 2.05) is 0 Å². The molecule has 0 aromatic carbocycles. The van der Waals surface area contributed by atoms with Gasteiger partial charge < -0.3 is 9.64 Å². The number of ether oxygens (including phenoxy) is 1. The largest absolute Gasteiger partial charge is 0.464 e. The lowest BCUT2D eigenvalue weighted by molar-refractivity contribution is 0.0595. The van der Waals surface area contributed by atoms with Crippen molar-refractivity contribution in [2.45, 2.75) is 5.37 Å². The van der Waals surface area contributed by atoms with Gasteiger partial charge in [0.1, 0.15) is 5.37 Å². The molecule has 1 saturated heterocycles. The van der Waals surface area contributed by atoms with Crippen LogP contribution in [0.2, 0.25) is 0 Å². The highest BCUT2D eigenvalue weighted by atomic mass is 32.2.